The second kappa shape index (κ2) is 55.6. The number of carbonyl (C=O) groups is 1. The zero-order valence-electron chi connectivity index (χ0n) is 57.4. The van der Waals surface area contributed by atoms with Crippen LogP contribution in [0.15, 0.2) is 97.2 Å². The summed E-state index contributed by atoms with van der Waals surface area (Å²) in [6, 6.07) is -0.995. The lowest BCUT2D eigenvalue weighted by atomic mass is 9.96. The highest BCUT2D eigenvalue weighted by Gasteiger charge is 2.53. The molecule has 3 rings (SSSR count). The van der Waals surface area contributed by atoms with Crippen molar-refractivity contribution in [2.24, 2.45) is 0 Å². The number of allylic oxidation sites excluding steroid dienone is 15. The third-order valence-electron chi connectivity index (χ3n) is 17.6. The highest BCUT2D eigenvalue weighted by atomic mass is 16.8. The average Bonchev–Trinajstić information content (AvgIpc) is 0.787. The molecule has 0 aliphatic carbocycles. The maximum atomic E-state index is 13.4. The number of hydrogen-bond donors (Lipinski definition) is 12. The van der Waals surface area contributed by atoms with Gasteiger partial charge in [0.2, 0.25) is 5.91 Å². The molecule has 17 atom stereocenters. The van der Waals surface area contributed by atoms with Crippen LogP contribution in [0.5, 0.6) is 0 Å². The standard InChI is InChI=1S/C75H129NO18/c1-3-5-7-9-11-13-15-17-19-21-22-23-24-25-26-27-28-29-30-31-32-33-34-35-36-37-39-41-43-45-47-49-51-53-63(81)76-58(59(80)52-50-48-46-44-42-40-38-20-18-16-14-12-10-8-6-4-2)57-89-73-69(87)66(84)71(61(55-78)91-73)94-75-70(88)67(85)72(62(56-79)92-75)93-74-68(86)65(83)64(82)60(54-77)90-74/h5,7,11,13,17,19,22-23,25-26,28-29,42,44,50,52,58-62,64-75,77-80,82-88H,3-4,6,8-10,12,14-16,18,20-21,24,27,30-41,43,45-49,51,53-57H2,1-2H3,(H,76,81)/b7-5-,13-11-,19-17-,23-22-,26-25-,29-28-,44-42+,52-50+. The number of ether oxygens (including phenoxy) is 6. The number of aliphatic hydroxyl groups is 11. The molecule has 3 saturated heterocycles. The first kappa shape index (κ1) is 84.9. The van der Waals surface area contributed by atoms with Gasteiger partial charge in [-0.25, -0.2) is 0 Å². The molecule has 17 unspecified atom stereocenters. The Kier molecular flexibility index (Phi) is 50.2. The highest BCUT2D eigenvalue weighted by Crippen LogP contribution is 2.33. The van der Waals surface area contributed by atoms with Crippen molar-refractivity contribution < 1.29 is 89.4 Å². The molecule has 94 heavy (non-hydrogen) atoms. The zero-order chi connectivity index (χ0) is 68.2. The van der Waals surface area contributed by atoms with Crippen molar-refractivity contribution in [3.63, 3.8) is 0 Å². The summed E-state index contributed by atoms with van der Waals surface area (Å²) >= 11 is 0. The largest absolute Gasteiger partial charge is 0.394 e. The lowest BCUT2D eigenvalue weighted by Crippen LogP contribution is -2.66. The van der Waals surface area contributed by atoms with Gasteiger partial charge in [-0.3, -0.25) is 4.79 Å². The van der Waals surface area contributed by atoms with Gasteiger partial charge in [-0.1, -0.05) is 246 Å². The van der Waals surface area contributed by atoms with Crippen molar-refractivity contribution in [2.75, 3.05) is 26.4 Å². The second-order valence-corrected chi connectivity index (χ2v) is 25.7. The van der Waals surface area contributed by atoms with Crippen molar-refractivity contribution in [1.29, 1.82) is 0 Å². The lowest BCUT2D eigenvalue weighted by Gasteiger charge is -2.48. The lowest BCUT2D eigenvalue weighted by molar-refractivity contribution is -0.379. The Labute approximate surface area is 564 Å². The van der Waals surface area contributed by atoms with E-state index in [9.17, 15) is 61.0 Å². The maximum absolute atomic E-state index is 13.4. The van der Waals surface area contributed by atoms with E-state index in [0.717, 1.165) is 89.9 Å². The fraction of sp³-hybridized carbons (Fsp3) is 0.773. The molecule has 3 fully saturated rings. The molecule has 19 heteroatoms. The Morgan fingerprint density at radius 1 is 0.394 bits per heavy atom. The summed E-state index contributed by atoms with van der Waals surface area (Å²) in [6.45, 7) is 1.59. The molecule has 0 saturated carbocycles. The maximum Gasteiger partial charge on any atom is 0.220 e. The molecule has 0 aromatic heterocycles. The van der Waals surface area contributed by atoms with Gasteiger partial charge in [0, 0.05) is 6.42 Å². The Morgan fingerprint density at radius 2 is 0.745 bits per heavy atom. The number of carbonyl (C=O) groups excluding carboxylic acids is 1. The molecule has 0 bridgehead atoms. The van der Waals surface area contributed by atoms with Crippen molar-refractivity contribution in [3.8, 4) is 0 Å². The van der Waals surface area contributed by atoms with Gasteiger partial charge < -0.3 is 89.9 Å². The van der Waals surface area contributed by atoms with Crippen molar-refractivity contribution in [3.05, 3.63) is 97.2 Å². The Morgan fingerprint density at radius 3 is 1.19 bits per heavy atom. The van der Waals surface area contributed by atoms with E-state index in [-0.39, 0.29) is 18.9 Å². The molecule has 0 radical (unpaired) electrons. The van der Waals surface area contributed by atoms with Gasteiger partial charge in [-0.05, 0) is 83.5 Å². The first-order chi connectivity index (χ1) is 45.8. The molecule has 0 spiro atoms. The topological polar surface area (TPSA) is 307 Å². The van der Waals surface area contributed by atoms with Crippen LogP contribution in [0.4, 0.5) is 0 Å². The predicted molar refractivity (Wildman–Crippen MR) is 369 cm³/mol. The van der Waals surface area contributed by atoms with E-state index >= 15 is 0 Å². The third-order valence-corrected chi connectivity index (χ3v) is 17.6. The second-order valence-electron chi connectivity index (χ2n) is 25.7. The van der Waals surface area contributed by atoms with Crippen molar-refractivity contribution in [2.45, 2.75) is 343 Å². The Hall–Kier alpha value is -3.29. The van der Waals surface area contributed by atoms with Crippen molar-refractivity contribution in [1.82, 2.24) is 5.32 Å². The van der Waals surface area contributed by atoms with Gasteiger partial charge in [-0.15, -0.1) is 0 Å². The summed E-state index contributed by atoms with van der Waals surface area (Å²) in [5, 5.41) is 121. The quantitative estimate of drug-likeness (QED) is 0.0199. The summed E-state index contributed by atoms with van der Waals surface area (Å²) in [7, 11) is 0. The van der Waals surface area contributed by atoms with Gasteiger partial charge in [0.05, 0.1) is 38.6 Å². The summed E-state index contributed by atoms with van der Waals surface area (Å²) in [4.78, 5) is 13.4. The van der Waals surface area contributed by atoms with E-state index < -0.39 is 124 Å². The van der Waals surface area contributed by atoms with E-state index in [1.54, 1.807) is 6.08 Å². The third kappa shape index (κ3) is 36.5. The van der Waals surface area contributed by atoms with Crippen LogP contribution in [0, 0.1) is 0 Å². The summed E-state index contributed by atoms with van der Waals surface area (Å²) in [5.41, 5.74) is 0. The molecule has 3 aliphatic heterocycles. The fourth-order valence-electron chi connectivity index (χ4n) is 11.7. The highest BCUT2D eigenvalue weighted by molar-refractivity contribution is 5.76. The van der Waals surface area contributed by atoms with Crippen LogP contribution in [-0.2, 0) is 33.2 Å². The molecular weight excluding hydrogens is 1200 g/mol. The van der Waals surface area contributed by atoms with Gasteiger partial charge in [0.25, 0.3) is 0 Å². The normalized spacial score (nSPS) is 27.9. The Balaban J connectivity index is 1.38. The first-order valence-electron chi connectivity index (χ1n) is 36.5. The van der Waals surface area contributed by atoms with Crippen LogP contribution in [0.2, 0.25) is 0 Å². The molecule has 3 aliphatic rings. The average molecular weight is 1330 g/mol. The minimum Gasteiger partial charge on any atom is -0.394 e. The smallest absolute Gasteiger partial charge is 0.220 e. The van der Waals surface area contributed by atoms with E-state index in [1.807, 2.05) is 6.08 Å². The molecule has 1 amide bonds. The van der Waals surface area contributed by atoms with E-state index in [0.29, 0.717) is 12.8 Å². The minimum atomic E-state index is -1.98. The molecule has 19 nitrogen and oxygen atoms in total. The van der Waals surface area contributed by atoms with Gasteiger partial charge in [0.1, 0.15) is 73.2 Å². The number of amides is 1. The van der Waals surface area contributed by atoms with E-state index in [2.05, 4.69) is 104 Å². The van der Waals surface area contributed by atoms with Gasteiger partial charge in [-0.2, -0.15) is 0 Å². The van der Waals surface area contributed by atoms with E-state index in [4.69, 9.17) is 28.4 Å². The minimum absolute atomic E-state index is 0.230. The monoisotopic (exact) mass is 1330 g/mol. The SMILES string of the molecule is CC/C=C\C/C=C\C/C=C\C/C=C\C/C=C\C/C=C\CCCCCCCCCCCCCCCCC(=O)NC(COC1OC(CO)C(OC2OC(CO)C(OC3OC(CO)C(O)C(O)C3O)C(O)C2O)C(O)C1O)C(O)/C=C/CC/C=C/CCCCCCCCCCCC. The fourth-order valence-corrected chi connectivity index (χ4v) is 11.7. The Bertz CT molecular complexity index is 2080. The molecule has 0 aromatic carbocycles. The number of unbranched alkanes of at least 4 members (excludes halogenated alkanes) is 25. The van der Waals surface area contributed by atoms with Crippen LogP contribution in [0.25, 0.3) is 0 Å². The molecular formula is C75H129NO18. The summed E-state index contributed by atoms with van der Waals surface area (Å²) in [6.07, 6.45) is 46.7. The van der Waals surface area contributed by atoms with Crippen molar-refractivity contribution >= 4 is 5.91 Å². The summed E-state index contributed by atoms with van der Waals surface area (Å²) in [5.74, 6) is -0.289. The van der Waals surface area contributed by atoms with Crippen LogP contribution >= 0.6 is 0 Å². The van der Waals surface area contributed by atoms with Gasteiger partial charge >= 0.3 is 0 Å². The first-order valence-corrected chi connectivity index (χ1v) is 36.5. The predicted octanol–water partition coefficient (Wildman–Crippen LogP) is 10.4. The molecule has 12 N–H and O–H groups in total. The number of aliphatic hydroxyl groups excluding tert-OH is 11. The van der Waals surface area contributed by atoms with Crippen LogP contribution in [0.1, 0.15) is 239 Å². The van der Waals surface area contributed by atoms with Crippen LogP contribution in [0.3, 0.4) is 0 Å². The molecule has 0 aromatic rings. The molecule has 3 heterocycles. The number of rotatable bonds is 55. The van der Waals surface area contributed by atoms with Crippen LogP contribution in [-0.4, -0.2) is 193 Å². The zero-order valence-corrected chi connectivity index (χ0v) is 57.4. The number of hydrogen-bond acceptors (Lipinski definition) is 18. The van der Waals surface area contributed by atoms with E-state index in [1.165, 1.54) is 116 Å². The number of nitrogens with one attached hydrogen (secondary N) is 1. The molecule has 542 valence electrons. The van der Waals surface area contributed by atoms with Gasteiger partial charge in [0.15, 0.2) is 18.9 Å². The summed E-state index contributed by atoms with van der Waals surface area (Å²) < 4.78 is 34.3. The van der Waals surface area contributed by atoms with Crippen LogP contribution < -0.4 is 5.32 Å².